The van der Waals surface area contributed by atoms with Crippen molar-refractivity contribution in [1.29, 1.82) is 0 Å². The molecule has 0 saturated carbocycles. The maximum atomic E-state index is 12.4. The largest absolute Gasteiger partial charge is 0.460 e. The fourth-order valence-corrected chi connectivity index (χ4v) is 5.11. The highest BCUT2D eigenvalue weighted by molar-refractivity contribution is 7.94. The molecular weight excluding hydrogens is 432 g/mol. The van der Waals surface area contributed by atoms with Crippen molar-refractivity contribution < 1.29 is 17.9 Å². The molecule has 0 atom stereocenters. The first-order valence-electron chi connectivity index (χ1n) is 8.33. The molecule has 0 spiro atoms. The van der Waals surface area contributed by atoms with Crippen LogP contribution in [0.25, 0.3) is 15.3 Å². The number of benzene rings is 1. The number of nitrogen functional groups attached to an aromatic ring is 1. The van der Waals surface area contributed by atoms with E-state index in [1.165, 1.54) is 40.9 Å². The average molecular weight is 449 g/mol. The highest BCUT2D eigenvalue weighted by Crippen LogP contribution is 2.32. The number of nitrogens with one attached hydrogen (secondary N) is 2. The number of aromatic nitrogens is 3. The summed E-state index contributed by atoms with van der Waals surface area (Å²) in [6.07, 6.45) is 0. The number of aromatic amines is 1. The predicted molar refractivity (Wildman–Crippen MR) is 112 cm³/mol. The molecule has 3 heterocycles. The van der Waals surface area contributed by atoms with E-state index in [4.69, 9.17) is 10.3 Å². The van der Waals surface area contributed by atoms with Gasteiger partial charge in [-0.25, -0.2) is 23.7 Å². The van der Waals surface area contributed by atoms with Gasteiger partial charge in [-0.15, -0.1) is 0 Å². The molecular formula is C17H16N6O3S3. The van der Waals surface area contributed by atoms with Crippen molar-refractivity contribution in [2.75, 3.05) is 11.1 Å². The Kier molecular flexibility index (Phi) is 4.98. The van der Waals surface area contributed by atoms with Crippen LogP contribution < -0.4 is 16.0 Å². The zero-order valence-corrected chi connectivity index (χ0v) is 17.8. The van der Waals surface area contributed by atoms with Gasteiger partial charge in [0.2, 0.25) is 10.0 Å². The van der Waals surface area contributed by atoms with E-state index < -0.39 is 10.0 Å². The molecule has 0 aliphatic carbocycles. The Morgan fingerprint density at radius 1 is 1.24 bits per heavy atom. The molecule has 4 rings (SSSR count). The van der Waals surface area contributed by atoms with Crippen LogP contribution in [0.1, 0.15) is 11.5 Å². The number of rotatable bonds is 6. The standard InChI is InChI=1S/C17H15N6O3S3/c1-9-7-14(22-26-9)23-29(24,25)12-5-3-11(4-6-12)20-17-21-13(8-27-17)15-10(2)19-16(18)28-15/h3-8H,1-2H3,(H3-,18,19,20,21,22,23)/q-1/p+1. The van der Waals surface area contributed by atoms with Gasteiger partial charge in [-0.1, -0.05) is 22.7 Å². The second kappa shape index (κ2) is 7.46. The topological polar surface area (TPSA) is 139 Å². The number of aryl methyl sites for hydroxylation is 2. The predicted octanol–water partition coefficient (Wildman–Crippen LogP) is 4.01. The lowest BCUT2D eigenvalue weighted by Crippen LogP contribution is -2.07. The summed E-state index contributed by atoms with van der Waals surface area (Å²) in [6.45, 7) is 3.57. The summed E-state index contributed by atoms with van der Waals surface area (Å²) < 4.78 is 33.3. The molecule has 4 N–H and O–H groups in total. The third-order valence-electron chi connectivity index (χ3n) is 3.84. The summed E-state index contributed by atoms with van der Waals surface area (Å²) in [5.74, 6) is 0.505. The Morgan fingerprint density at radius 2 is 2.00 bits per heavy atom. The lowest BCUT2D eigenvalue weighted by atomic mass is 10.3. The third-order valence-corrected chi connectivity index (χ3v) is 6.95. The molecule has 0 saturated heterocycles. The SMILES string of the molecule is Cc1cc([N-]S(=O)(=O)c2ccc(Nc3[nH+]c(-c4sc(N)nc4C)cs3)cc2)no1. The molecule has 29 heavy (non-hydrogen) atoms. The second-order valence-corrected chi connectivity index (χ2v) is 9.60. The van der Waals surface area contributed by atoms with Crippen molar-refractivity contribution in [3.63, 3.8) is 0 Å². The third kappa shape index (κ3) is 4.23. The van der Waals surface area contributed by atoms with E-state index in [0.717, 1.165) is 27.1 Å². The molecule has 0 bridgehead atoms. The van der Waals surface area contributed by atoms with Gasteiger partial charge in [-0.2, -0.15) is 0 Å². The first kappa shape index (κ1) is 19.4. The van der Waals surface area contributed by atoms with Crippen LogP contribution in [0, 0.1) is 13.8 Å². The second-order valence-electron chi connectivity index (χ2n) is 6.08. The number of hydrogen-bond donors (Lipinski definition) is 2. The first-order chi connectivity index (χ1) is 13.8. The Hall–Kier alpha value is -2.96. The van der Waals surface area contributed by atoms with Crippen LogP contribution in [0.4, 0.5) is 21.8 Å². The molecule has 150 valence electrons. The van der Waals surface area contributed by atoms with E-state index in [1.54, 1.807) is 19.1 Å². The fourth-order valence-electron chi connectivity index (χ4n) is 2.55. The van der Waals surface area contributed by atoms with Crippen molar-refractivity contribution in [2.24, 2.45) is 0 Å². The summed E-state index contributed by atoms with van der Waals surface area (Å²) in [5.41, 5.74) is 8.28. The van der Waals surface area contributed by atoms with E-state index in [0.29, 0.717) is 10.9 Å². The van der Waals surface area contributed by atoms with Crippen LogP contribution in [0.3, 0.4) is 0 Å². The number of H-pyrrole nitrogens is 1. The Balaban J connectivity index is 1.48. The summed E-state index contributed by atoms with van der Waals surface area (Å²) in [7, 11) is -3.87. The van der Waals surface area contributed by atoms with Crippen molar-refractivity contribution in [1.82, 2.24) is 10.1 Å². The van der Waals surface area contributed by atoms with Gasteiger partial charge in [0.05, 0.1) is 15.5 Å². The van der Waals surface area contributed by atoms with Crippen LogP contribution in [0.15, 0.2) is 45.1 Å². The molecule has 0 fully saturated rings. The van der Waals surface area contributed by atoms with E-state index in [2.05, 4.69) is 25.2 Å². The van der Waals surface area contributed by atoms with Gasteiger partial charge in [0.25, 0.3) is 0 Å². The van der Waals surface area contributed by atoms with E-state index in [1.807, 2.05) is 12.3 Å². The molecule has 0 amide bonds. The molecule has 9 nitrogen and oxygen atoms in total. The maximum Gasteiger partial charge on any atom is 0.337 e. The Labute approximate surface area is 174 Å². The lowest BCUT2D eigenvalue weighted by molar-refractivity contribution is -0.340. The molecule has 0 aliphatic rings. The van der Waals surface area contributed by atoms with Crippen LogP contribution in [0.5, 0.6) is 0 Å². The molecule has 12 heteroatoms. The monoisotopic (exact) mass is 448 g/mol. The van der Waals surface area contributed by atoms with Crippen molar-refractivity contribution in [3.05, 3.63) is 51.9 Å². The van der Waals surface area contributed by atoms with Crippen molar-refractivity contribution in [3.8, 4) is 10.6 Å². The fraction of sp³-hybridized carbons (Fsp3) is 0.118. The van der Waals surface area contributed by atoms with Gasteiger partial charge < -0.3 is 15.0 Å². The summed E-state index contributed by atoms with van der Waals surface area (Å²) in [5, 5.41) is 10.1. The van der Waals surface area contributed by atoms with Crippen LogP contribution in [-0.2, 0) is 10.0 Å². The molecule has 0 radical (unpaired) electrons. The maximum absolute atomic E-state index is 12.4. The van der Waals surface area contributed by atoms with Gasteiger partial charge >= 0.3 is 5.13 Å². The van der Waals surface area contributed by atoms with E-state index in [9.17, 15) is 8.42 Å². The van der Waals surface area contributed by atoms with Crippen LogP contribution in [0.2, 0.25) is 0 Å². The molecule has 1 aromatic carbocycles. The lowest BCUT2D eigenvalue weighted by Gasteiger charge is -2.11. The smallest absolute Gasteiger partial charge is 0.337 e. The van der Waals surface area contributed by atoms with Gasteiger partial charge in [-0.05, 0) is 50.0 Å². The molecule has 0 unspecified atom stereocenters. The molecule has 3 aromatic heterocycles. The van der Waals surface area contributed by atoms with Gasteiger partial charge in [0.15, 0.2) is 10.8 Å². The zero-order chi connectivity index (χ0) is 20.6. The number of nitrogens with zero attached hydrogens (tertiary/aromatic N) is 3. The highest BCUT2D eigenvalue weighted by atomic mass is 32.2. The van der Waals surface area contributed by atoms with Gasteiger partial charge in [0.1, 0.15) is 11.4 Å². The zero-order valence-electron chi connectivity index (χ0n) is 15.3. The summed E-state index contributed by atoms with van der Waals surface area (Å²) >= 11 is 2.91. The van der Waals surface area contributed by atoms with Gasteiger partial charge in [-0.3, -0.25) is 5.16 Å². The number of anilines is 3. The Morgan fingerprint density at radius 3 is 2.62 bits per heavy atom. The normalized spacial score (nSPS) is 11.5. The molecule has 4 aromatic rings. The number of hydrogen-bond acceptors (Lipinski definition) is 9. The highest BCUT2D eigenvalue weighted by Gasteiger charge is 2.16. The quantitative estimate of drug-likeness (QED) is 0.454. The van der Waals surface area contributed by atoms with Crippen molar-refractivity contribution in [2.45, 2.75) is 18.7 Å². The minimum Gasteiger partial charge on any atom is -0.460 e. The van der Waals surface area contributed by atoms with Gasteiger partial charge in [0, 0.05) is 5.38 Å². The first-order valence-corrected chi connectivity index (χ1v) is 11.5. The Bertz CT molecular complexity index is 1260. The average Bonchev–Trinajstić information content (AvgIpc) is 3.36. The van der Waals surface area contributed by atoms with E-state index in [-0.39, 0.29) is 10.7 Å². The minimum atomic E-state index is -3.87. The molecule has 0 aliphatic heterocycles. The van der Waals surface area contributed by atoms with Crippen LogP contribution >= 0.6 is 22.7 Å². The summed E-state index contributed by atoms with van der Waals surface area (Å²) in [4.78, 5) is 8.56. The van der Waals surface area contributed by atoms with Crippen LogP contribution in [-0.4, -0.2) is 18.6 Å². The minimum absolute atomic E-state index is 0.0180. The number of nitrogens with two attached hydrogens (primary N) is 1. The summed E-state index contributed by atoms with van der Waals surface area (Å²) in [6, 6.07) is 7.75. The number of thiazole rings is 2. The number of sulfonamides is 1. The van der Waals surface area contributed by atoms with E-state index >= 15 is 0 Å². The van der Waals surface area contributed by atoms with Crippen molar-refractivity contribution >= 4 is 54.5 Å².